The Morgan fingerprint density at radius 1 is 1.13 bits per heavy atom. The van der Waals surface area contributed by atoms with E-state index in [1.807, 2.05) is 27.2 Å². The highest BCUT2D eigenvalue weighted by molar-refractivity contribution is 5.75. The number of halogens is 1. The molecule has 0 bridgehead atoms. The van der Waals surface area contributed by atoms with Crippen molar-refractivity contribution in [3.8, 4) is 0 Å². The van der Waals surface area contributed by atoms with Crippen LogP contribution in [0.1, 0.15) is 17.7 Å². The molecule has 30 heavy (non-hydrogen) atoms. The van der Waals surface area contributed by atoms with Crippen LogP contribution in [0.25, 0.3) is 16.9 Å². The molecular weight excluding hydrogens is 387 g/mol. The van der Waals surface area contributed by atoms with Gasteiger partial charge >= 0.3 is 5.69 Å². The van der Waals surface area contributed by atoms with Crippen molar-refractivity contribution in [3.63, 3.8) is 0 Å². The van der Waals surface area contributed by atoms with E-state index in [1.165, 1.54) is 10.6 Å². The Balaban J connectivity index is 1.89. The van der Waals surface area contributed by atoms with Gasteiger partial charge in [-0.1, -0.05) is 18.2 Å². The molecule has 0 fully saturated rings. The molecular formula is C21H25FN6O2. The van der Waals surface area contributed by atoms with E-state index in [-0.39, 0.29) is 12.1 Å². The maximum absolute atomic E-state index is 14.1. The van der Waals surface area contributed by atoms with Crippen molar-refractivity contribution in [2.75, 3.05) is 20.6 Å². The zero-order valence-electron chi connectivity index (χ0n) is 17.6. The third kappa shape index (κ3) is 3.24. The zero-order chi connectivity index (χ0) is 21.6. The summed E-state index contributed by atoms with van der Waals surface area (Å²) in [5, 5.41) is 0. The lowest BCUT2D eigenvalue weighted by molar-refractivity contribution is 0.387. The summed E-state index contributed by atoms with van der Waals surface area (Å²) < 4.78 is 20.3. The predicted molar refractivity (Wildman–Crippen MR) is 114 cm³/mol. The van der Waals surface area contributed by atoms with E-state index in [2.05, 4.69) is 14.5 Å². The molecule has 0 unspecified atom stereocenters. The van der Waals surface area contributed by atoms with Crippen molar-refractivity contribution in [3.05, 3.63) is 68.4 Å². The largest absolute Gasteiger partial charge is 0.332 e. The van der Waals surface area contributed by atoms with Gasteiger partial charge in [0.25, 0.3) is 5.56 Å². The maximum atomic E-state index is 14.1. The topological polar surface area (TPSA) is 69.5 Å². The Bertz CT molecular complexity index is 1360. The lowest BCUT2D eigenvalue weighted by Gasteiger charge is -2.10. The van der Waals surface area contributed by atoms with E-state index in [9.17, 15) is 14.0 Å². The van der Waals surface area contributed by atoms with Crippen molar-refractivity contribution >= 4 is 16.9 Å². The smallest absolute Gasteiger partial charge is 0.314 e. The second-order valence-corrected chi connectivity index (χ2v) is 7.86. The average molecular weight is 412 g/mol. The number of aromatic nitrogens is 5. The number of aryl methyl sites for hydroxylation is 3. The number of fused-ring (bicyclic) bond motifs is 3. The fourth-order valence-corrected chi connectivity index (χ4v) is 3.81. The predicted octanol–water partition coefficient (Wildman–Crippen LogP) is 1.60. The summed E-state index contributed by atoms with van der Waals surface area (Å²) in [6, 6.07) is 6.15. The molecule has 0 aliphatic carbocycles. The minimum atomic E-state index is -0.521. The van der Waals surface area contributed by atoms with Gasteiger partial charge in [-0.3, -0.25) is 18.3 Å². The maximum Gasteiger partial charge on any atom is 0.332 e. The quantitative estimate of drug-likeness (QED) is 0.482. The monoisotopic (exact) mass is 412 g/mol. The highest BCUT2D eigenvalue weighted by Crippen LogP contribution is 2.17. The molecule has 8 nitrogen and oxygen atoms in total. The molecule has 158 valence electrons. The second kappa shape index (κ2) is 7.56. The molecule has 0 amide bonds. The van der Waals surface area contributed by atoms with Crippen molar-refractivity contribution in [2.45, 2.75) is 26.4 Å². The molecule has 9 heteroatoms. The Kier molecular flexibility index (Phi) is 5.07. The van der Waals surface area contributed by atoms with Crippen LogP contribution < -0.4 is 11.2 Å². The second-order valence-electron chi connectivity index (χ2n) is 7.86. The first-order chi connectivity index (χ1) is 14.3. The SMILES string of the molecule is Cc1cn2c3c(=O)n(Cc4ccccc4F)c(=O)n(C)c3nc2n1CCCN(C)C. The Hall–Kier alpha value is -3.20. The molecule has 0 atom stereocenters. The fraction of sp³-hybridized carbons (Fsp3) is 0.381. The summed E-state index contributed by atoms with van der Waals surface area (Å²) in [6.07, 6.45) is 2.79. The molecule has 1 aromatic carbocycles. The molecule has 0 N–H and O–H groups in total. The first kappa shape index (κ1) is 20.1. The van der Waals surface area contributed by atoms with Crippen molar-refractivity contribution in [2.24, 2.45) is 7.05 Å². The number of rotatable bonds is 6. The fourth-order valence-electron chi connectivity index (χ4n) is 3.81. The van der Waals surface area contributed by atoms with E-state index in [4.69, 9.17) is 0 Å². The van der Waals surface area contributed by atoms with Gasteiger partial charge in [-0.2, -0.15) is 4.98 Å². The third-order valence-corrected chi connectivity index (χ3v) is 5.41. The Morgan fingerprint density at radius 2 is 1.87 bits per heavy atom. The van der Waals surface area contributed by atoms with Crippen LogP contribution in [0.3, 0.4) is 0 Å². The summed E-state index contributed by atoms with van der Waals surface area (Å²) in [7, 11) is 5.63. The lowest BCUT2D eigenvalue weighted by Crippen LogP contribution is -2.39. The van der Waals surface area contributed by atoms with E-state index >= 15 is 0 Å². The molecule has 0 saturated heterocycles. The summed E-state index contributed by atoms with van der Waals surface area (Å²) >= 11 is 0. The van der Waals surface area contributed by atoms with E-state index < -0.39 is 17.1 Å². The molecule has 4 rings (SSSR count). The molecule has 3 aromatic heterocycles. The molecule has 0 radical (unpaired) electrons. The number of hydrogen-bond acceptors (Lipinski definition) is 4. The normalized spacial score (nSPS) is 11.9. The van der Waals surface area contributed by atoms with Crippen LogP contribution in [0.4, 0.5) is 4.39 Å². The molecule has 0 aliphatic heterocycles. The molecule has 0 spiro atoms. The average Bonchev–Trinajstić information content (AvgIpc) is 3.20. The molecule has 0 saturated carbocycles. The minimum Gasteiger partial charge on any atom is -0.314 e. The summed E-state index contributed by atoms with van der Waals surface area (Å²) in [6.45, 7) is 3.51. The van der Waals surface area contributed by atoms with E-state index in [0.717, 1.165) is 29.8 Å². The summed E-state index contributed by atoms with van der Waals surface area (Å²) in [5.74, 6) is 0.171. The van der Waals surface area contributed by atoms with Crippen LogP contribution in [-0.4, -0.2) is 48.6 Å². The van der Waals surface area contributed by atoms with Gasteiger partial charge in [0.1, 0.15) is 5.82 Å². The number of nitrogens with zero attached hydrogens (tertiary/aromatic N) is 6. The van der Waals surface area contributed by atoms with Gasteiger partial charge in [-0.15, -0.1) is 0 Å². The standard InChI is InChI=1S/C21H25FN6O2/c1-14-12-27-17-18(23-20(27)26(14)11-7-10-24(2)3)25(4)21(30)28(19(17)29)13-15-8-5-6-9-16(15)22/h5-6,8-9,12H,7,10-11,13H2,1-4H3. The highest BCUT2D eigenvalue weighted by Gasteiger charge is 2.20. The Labute approximate surface area is 172 Å². The highest BCUT2D eigenvalue weighted by atomic mass is 19.1. The van der Waals surface area contributed by atoms with Crippen LogP contribution in [0.15, 0.2) is 40.1 Å². The first-order valence-electron chi connectivity index (χ1n) is 9.85. The third-order valence-electron chi connectivity index (χ3n) is 5.41. The Morgan fingerprint density at radius 3 is 2.57 bits per heavy atom. The number of benzene rings is 1. The van der Waals surface area contributed by atoms with Crippen molar-refractivity contribution in [1.82, 2.24) is 28.0 Å². The van der Waals surface area contributed by atoms with Crippen LogP contribution >= 0.6 is 0 Å². The number of hydrogen-bond donors (Lipinski definition) is 0. The summed E-state index contributed by atoms with van der Waals surface area (Å²) in [4.78, 5) is 32.8. The van der Waals surface area contributed by atoms with Gasteiger partial charge in [0.05, 0.1) is 6.54 Å². The summed E-state index contributed by atoms with van der Waals surface area (Å²) in [5.41, 5.74) is 0.909. The van der Waals surface area contributed by atoms with Crippen LogP contribution in [0.5, 0.6) is 0 Å². The van der Waals surface area contributed by atoms with Crippen molar-refractivity contribution < 1.29 is 4.39 Å². The van der Waals surface area contributed by atoms with Gasteiger partial charge in [-0.25, -0.2) is 9.18 Å². The van der Waals surface area contributed by atoms with Gasteiger partial charge in [0, 0.05) is 31.0 Å². The van der Waals surface area contributed by atoms with Gasteiger partial charge in [0.2, 0.25) is 5.78 Å². The lowest BCUT2D eigenvalue weighted by atomic mass is 10.2. The minimum absolute atomic E-state index is 0.135. The van der Waals surface area contributed by atoms with E-state index in [1.54, 1.807) is 29.6 Å². The van der Waals surface area contributed by atoms with E-state index in [0.29, 0.717) is 16.9 Å². The van der Waals surface area contributed by atoms with Crippen LogP contribution in [0.2, 0.25) is 0 Å². The van der Waals surface area contributed by atoms with Gasteiger partial charge in [0.15, 0.2) is 11.2 Å². The van der Waals surface area contributed by atoms with Gasteiger partial charge < -0.3 is 9.47 Å². The van der Waals surface area contributed by atoms with Crippen molar-refractivity contribution in [1.29, 1.82) is 0 Å². The molecule has 3 heterocycles. The first-order valence-corrected chi connectivity index (χ1v) is 9.85. The molecule has 0 aliphatic rings. The van der Waals surface area contributed by atoms with Crippen LogP contribution in [-0.2, 0) is 20.1 Å². The van der Waals surface area contributed by atoms with Gasteiger partial charge in [-0.05, 0) is 40.1 Å². The zero-order valence-corrected chi connectivity index (χ0v) is 17.6. The number of imidazole rings is 2. The van der Waals surface area contributed by atoms with Crippen LogP contribution in [0, 0.1) is 12.7 Å². The molecule has 4 aromatic rings.